The highest BCUT2D eigenvalue weighted by Crippen LogP contribution is 2.33. The molecule has 0 aliphatic carbocycles. The zero-order valence-corrected chi connectivity index (χ0v) is 10.4. The van der Waals surface area contributed by atoms with Gasteiger partial charge in [0.2, 0.25) is 0 Å². The third-order valence-electron chi connectivity index (χ3n) is 3.83. The van der Waals surface area contributed by atoms with Crippen LogP contribution in [0.5, 0.6) is 0 Å². The number of nitrogens with one attached hydrogen (secondary N) is 2. The van der Waals surface area contributed by atoms with Gasteiger partial charge >= 0.3 is 0 Å². The molecule has 7 nitrogen and oxygen atoms in total. The smallest absolute Gasteiger partial charge is 0.282 e. The van der Waals surface area contributed by atoms with E-state index < -0.39 is 10.8 Å². The van der Waals surface area contributed by atoms with Crippen molar-refractivity contribution >= 4 is 17.3 Å². The molecule has 100 valence electrons. The number of rotatable bonds is 3. The minimum absolute atomic E-state index is 0.112. The summed E-state index contributed by atoms with van der Waals surface area (Å²) in [7, 11) is 1.47. The Bertz CT molecular complexity index is 560. The first-order valence-corrected chi connectivity index (χ1v) is 6.12. The molecule has 2 aliphatic heterocycles. The Hall–Kier alpha value is -2.15. The van der Waals surface area contributed by atoms with E-state index in [2.05, 4.69) is 15.5 Å². The molecule has 0 aromatic heterocycles. The topological polar surface area (TPSA) is 87.5 Å². The maximum atomic E-state index is 11.7. The minimum atomic E-state index is -0.530. The number of carbonyl (C=O) groups is 1. The van der Waals surface area contributed by atoms with Crippen LogP contribution in [0, 0.1) is 10.1 Å². The van der Waals surface area contributed by atoms with Gasteiger partial charge < -0.3 is 15.5 Å². The first kappa shape index (κ1) is 11.9. The van der Waals surface area contributed by atoms with E-state index in [9.17, 15) is 14.9 Å². The van der Waals surface area contributed by atoms with Crippen LogP contribution in [0.1, 0.15) is 10.4 Å². The number of nitrogens with zero attached hydrogens (tertiary/aromatic N) is 2. The molecule has 0 spiro atoms. The molecule has 0 bridgehead atoms. The second-order valence-corrected chi connectivity index (χ2v) is 4.77. The van der Waals surface area contributed by atoms with Crippen molar-refractivity contribution in [2.75, 3.05) is 25.0 Å². The van der Waals surface area contributed by atoms with E-state index in [-0.39, 0.29) is 11.3 Å². The van der Waals surface area contributed by atoms with Gasteiger partial charge in [-0.25, -0.2) is 0 Å². The molecule has 7 heteroatoms. The van der Waals surface area contributed by atoms with Crippen LogP contribution in [0.15, 0.2) is 18.2 Å². The third kappa shape index (κ3) is 1.74. The van der Waals surface area contributed by atoms with Crippen LogP contribution in [0.3, 0.4) is 0 Å². The zero-order chi connectivity index (χ0) is 13.6. The molecule has 0 saturated carbocycles. The fourth-order valence-corrected chi connectivity index (χ4v) is 2.59. The van der Waals surface area contributed by atoms with Crippen LogP contribution in [0.4, 0.5) is 11.4 Å². The Morgan fingerprint density at radius 3 is 2.84 bits per heavy atom. The minimum Gasteiger partial charge on any atom is -0.364 e. The standard InChI is InChI=1S/C12H14N4O3/c1-13-12(17)8-4-7(2-3-10(8)16(18)19)15-6-9-11(15)5-14-9/h2-4,9,11,14H,5-6H2,1H3,(H,13,17). The molecule has 2 heterocycles. The average molecular weight is 262 g/mol. The summed E-state index contributed by atoms with van der Waals surface area (Å²) in [6.07, 6.45) is 0. The number of amides is 1. The lowest BCUT2D eigenvalue weighted by Gasteiger charge is -2.57. The van der Waals surface area contributed by atoms with Crippen molar-refractivity contribution in [1.29, 1.82) is 0 Å². The van der Waals surface area contributed by atoms with E-state index in [1.165, 1.54) is 13.1 Å². The molecule has 2 fully saturated rings. The molecule has 2 atom stereocenters. The molecule has 2 saturated heterocycles. The summed E-state index contributed by atoms with van der Waals surface area (Å²) >= 11 is 0. The molecular weight excluding hydrogens is 248 g/mol. The highest BCUT2D eigenvalue weighted by atomic mass is 16.6. The Morgan fingerprint density at radius 2 is 2.37 bits per heavy atom. The van der Waals surface area contributed by atoms with E-state index in [4.69, 9.17) is 0 Å². The molecular formula is C12H14N4O3. The second-order valence-electron chi connectivity index (χ2n) is 4.77. The molecule has 3 rings (SSSR count). The van der Waals surface area contributed by atoms with Crippen LogP contribution < -0.4 is 15.5 Å². The number of piperazine rings is 1. The van der Waals surface area contributed by atoms with Crippen molar-refractivity contribution in [3.8, 4) is 0 Å². The Kier molecular flexibility index (Phi) is 2.63. The third-order valence-corrected chi connectivity index (χ3v) is 3.83. The fraction of sp³-hybridized carbons (Fsp3) is 0.417. The van der Waals surface area contributed by atoms with Crippen molar-refractivity contribution in [2.45, 2.75) is 12.1 Å². The van der Waals surface area contributed by atoms with Gasteiger partial charge in [-0.1, -0.05) is 0 Å². The van der Waals surface area contributed by atoms with Crippen LogP contribution in [-0.4, -0.2) is 43.1 Å². The quantitative estimate of drug-likeness (QED) is 0.596. The lowest BCUT2D eigenvalue weighted by molar-refractivity contribution is -0.385. The lowest BCUT2D eigenvalue weighted by Crippen LogP contribution is -2.78. The maximum absolute atomic E-state index is 11.7. The summed E-state index contributed by atoms with van der Waals surface area (Å²) in [5.74, 6) is -0.433. The number of hydrogen-bond donors (Lipinski definition) is 2. The number of nitro benzene ring substituents is 1. The summed E-state index contributed by atoms with van der Waals surface area (Å²) in [5, 5.41) is 16.7. The van der Waals surface area contributed by atoms with Crippen molar-refractivity contribution in [3.63, 3.8) is 0 Å². The van der Waals surface area contributed by atoms with Gasteiger partial charge in [0.15, 0.2) is 0 Å². The number of fused-ring (bicyclic) bond motifs is 1. The van der Waals surface area contributed by atoms with Crippen molar-refractivity contribution in [2.24, 2.45) is 0 Å². The SMILES string of the molecule is CNC(=O)c1cc(N2CC3NCC32)ccc1[N+](=O)[O-]. The molecule has 1 aromatic carbocycles. The maximum Gasteiger partial charge on any atom is 0.282 e. The normalized spacial score (nSPS) is 23.9. The summed E-state index contributed by atoms with van der Waals surface area (Å²) in [6.45, 7) is 1.81. The molecule has 2 N–H and O–H groups in total. The molecule has 19 heavy (non-hydrogen) atoms. The van der Waals surface area contributed by atoms with Gasteiger partial charge in [0, 0.05) is 37.9 Å². The van der Waals surface area contributed by atoms with Gasteiger partial charge in [-0.2, -0.15) is 0 Å². The predicted octanol–water partition coefficient (Wildman–Crippen LogP) is 0.115. The van der Waals surface area contributed by atoms with E-state index >= 15 is 0 Å². The van der Waals surface area contributed by atoms with E-state index in [1.54, 1.807) is 12.1 Å². The van der Waals surface area contributed by atoms with Gasteiger partial charge in [-0.15, -0.1) is 0 Å². The zero-order valence-electron chi connectivity index (χ0n) is 10.4. The average Bonchev–Trinajstić information content (AvgIpc) is 2.40. The van der Waals surface area contributed by atoms with Gasteiger partial charge in [0.05, 0.1) is 11.0 Å². The molecule has 2 aliphatic rings. The molecule has 1 aromatic rings. The number of nitro groups is 1. The first-order valence-electron chi connectivity index (χ1n) is 6.12. The number of carbonyl (C=O) groups excluding carboxylic acids is 1. The predicted molar refractivity (Wildman–Crippen MR) is 69.4 cm³/mol. The van der Waals surface area contributed by atoms with Crippen LogP contribution in [-0.2, 0) is 0 Å². The van der Waals surface area contributed by atoms with E-state index in [0.717, 1.165) is 18.8 Å². The van der Waals surface area contributed by atoms with Gasteiger partial charge in [-0.05, 0) is 12.1 Å². The summed E-state index contributed by atoms with van der Waals surface area (Å²) in [4.78, 5) is 24.3. The Morgan fingerprint density at radius 1 is 1.58 bits per heavy atom. The van der Waals surface area contributed by atoms with Crippen LogP contribution >= 0.6 is 0 Å². The Balaban J connectivity index is 1.94. The van der Waals surface area contributed by atoms with Crippen LogP contribution in [0.2, 0.25) is 0 Å². The van der Waals surface area contributed by atoms with Crippen molar-refractivity contribution in [1.82, 2.24) is 10.6 Å². The largest absolute Gasteiger partial charge is 0.364 e. The van der Waals surface area contributed by atoms with Gasteiger partial charge in [0.25, 0.3) is 11.6 Å². The van der Waals surface area contributed by atoms with Crippen LogP contribution in [0.25, 0.3) is 0 Å². The molecule has 1 amide bonds. The van der Waals surface area contributed by atoms with E-state index in [0.29, 0.717) is 12.1 Å². The van der Waals surface area contributed by atoms with Gasteiger partial charge in [-0.3, -0.25) is 14.9 Å². The summed E-state index contributed by atoms with van der Waals surface area (Å²) in [5.41, 5.74) is 0.819. The molecule has 0 radical (unpaired) electrons. The summed E-state index contributed by atoms with van der Waals surface area (Å²) in [6, 6.07) is 5.70. The molecule has 2 unspecified atom stereocenters. The summed E-state index contributed by atoms with van der Waals surface area (Å²) < 4.78 is 0. The van der Waals surface area contributed by atoms with Crippen molar-refractivity contribution in [3.05, 3.63) is 33.9 Å². The second kappa shape index (κ2) is 4.20. The monoisotopic (exact) mass is 262 g/mol. The lowest BCUT2D eigenvalue weighted by atomic mass is 9.88. The van der Waals surface area contributed by atoms with Crippen molar-refractivity contribution < 1.29 is 9.72 Å². The first-order chi connectivity index (χ1) is 9.11. The highest BCUT2D eigenvalue weighted by molar-refractivity contribution is 5.99. The number of hydrogen-bond acceptors (Lipinski definition) is 5. The Labute approximate surface area is 109 Å². The van der Waals surface area contributed by atoms with Gasteiger partial charge in [0.1, 0.15) is 5.56 Å². The highest BCUT2D eigenvalue weighted by Gasteiger charge is 2.45. The van der Waals surface area contributed by atoms with E-state index in [1.807, 2.05) is 0 Å². The number of anilines is 1. The number of benzene rings is 1. The fourth-order valence-electron chi connectivity index (χ4n) is 2.59.